The van der Waals surface area contributed by atoms with Crippen LogP contribution < -0.4 is 5.32 Å². The van der Waals surface area contributed by atoms with Gasteiger partial charge in [-0.3, -0.25) is 14.5 Å². The first kappa shape index (κ1) is 11.1. The van der Waals surface area contributed by atoms with Crippen LogP contribution in [0.25, 0.3) is 4.96 Å². The average Bonchev–Trinajstić information content (AvgIpc) is 2.73. The quantitative estimate of drug-likeness (QED) is 0.845. The van der Waals surface area contributed by atoms with Crippen molar-refractivity contribution in [1.29, 1.82) is 0 Å². The summed E-state index contributed by atoms with van der Waals surface area (Å²) in [5.74, 6) is -0.867. The van der Waals surface area contributed by atoms with Gasteiger partial charge in [-0.05, 0) is 13.8 Å². The Morgan fingerprint density at radius 1 is 1.69 bits per heavy atom. The van der Waals surface area contributed by atoms with Crippen molar-refractivity contribution >= 4 is 22.3 Å². The van der Waals surface area contributed by atoms with Crippen LogP contribution in [0.1, 0.15) is 19.5 Å². The number of rotatable bonds is 4. The fraction of sp³-hybridized carbons (Fsp3) is 0.400. The highest BCUT2D eigenvalue weighted by molar-refractivity contribution is 7.15. The molecule has 0 amide bonds. The smallest absolute Gasteiger partial charge is 0.323 e. The molecule has 2 rings (SSSR count). The van der Waals surface area contributed by atoms with Gasteiger partial charge in [-0.15, -0.1) is 11.3 Å². The zero-order valence-electron chi connectivity index (χ0n) is 9.10. The molecule has 0 atom stereocenters. The Hall–Kier alpha value is -1.40. The maximum absolute atomic E-state index is 10.9. The van der Waals surface area contributed by atoms with E-state index in [1.165, 1.54) is 0 Å². The lowest BCUT2D eigenvalue weighted by atomic mass is 10.1. The molecule has 0 aromatic carbocycles. The number of nitrogens with zero attached hydrogens (tertiary/aromatic N) is 2. The largest absolute Gasteiger partial charge is 0.480 e. The number of imidazole rings is 1. The molecule has 0 unspecified atom stereocenters. The van der Waals surface area contributed by atoms with E-state index < -0.39 is 11.5 Å². The van der Waals surface area contributed by atoms with Crippen molar-refractivity contribution in [2.75, 3.05) is 0 Å². The number of carboxylic acids is 1. The van der Waals surface area contributed by atoms with Crippen LogP contribution in [0.3, 0.4) is 0 Å². The number of aliphatic carboxylic acids is 1. The van der Waals surface area contributed by atoms with Gasteiger partial charge in [0.25, 0.3) is 0 Å². The summed E-state index contributed by atoms with van der Waals surface area (Å²) >= 11 is 1.56. The Balaban J connectivity index is 2.06. The fourth-order valence-electron chi connectivity index (χ4n) is 1.25. The van der Waals surface area contributed by atoms with Crippen molar-refractivity contribution < 1.29 is 9.90 Å². The van der Waals surface area contributed by atoms with Gasteiger partial charge in [0.15, 0.2) is 4.96 Å². The van der Waals surface area contributed by atoms with E-state index >= 15 is 0 Å². The van der Waals surface area contributed by atoms with E-state index in [1.807, 2.05) is 22.2 Å². The van der Waals surface area contributed by atoms with Crippen LogP contribution in [0, 0.1) is 0 Å². The van der Waals surface area contributed by atoms with Gasteiger partial charge >= 0.3 is 5.97 Å². The van der Waals surface area contributed by atoms with Crippen molar-refractivity contribution in [2.24, 2.45) is 0 Å². The Kier molecular flexibility index (Phi) is 2.69. The molecule has 5 nitrogen and oxygen atoms in total. The molecule has 16 heavy (non-hydrogen) atoms. The Labute approximate surface area is 96.7 Å². The Morgan fingerprint density at radius 3 is 3.06 bits per heavy atom. The van der Waals surface area contributed by atoms with Crippen LogP contribution in [-0.2, 0) is 11.3 Å². The van der Waals surface area contributed by atoms with Crippen LogP contribution in [0.15, 0.2) is 17.8 Å². The highest BCUT2D eigenvalue weighted by Gasteiger charge is 2.26. The molecule has 0 spiro atoms. The standard InChI is InChI=1S/C10H13N3O2S/c1-10(2,8(14)15)11-5-7-6-13-3-4-16-9(13)12-7/h3-4,6,11H,5H2,1-2H3,(H,14,15). The molecular formula is C10H13N3O2S. The predicted molar refractivity (Wildman–Crippen MR) is 61.6 cm³/mol. The van der Waals surface area contributed by atoms with Crippen LogP contribution >= 0.6 is 11.3 Å². The first-order chi connectivity index (χ1) is 7.49. The van der Waals surface area contributed by atoms with E-state index in [9.17, 15) is 4.79 Å². The van der Waals surface area contributed by atoms with E-state index in [1.54, 1.807) is 25.2 Å². The molecule has 86 valence electrons. The molecule has 0 saturated carbocycles. The molecule has 2 aromatic rings. The SMILES string of the molecule is CC(C)(NCc1cn2ccsc2n1)C(=O)O. The molecule has 0 aliphatic carbocycles. The third kappa shape index (κ3) is 2.07. The number of carboxylic acid groups (broad SMARTS) is 1. The van der Waals surface area contributed by atoms with Crippen molar-refractivity contribution in [1.82, 2.24) is 14.7 Å². The molecule has 0 aliphatic heterocycles. The summed E-state index contributed by atoms with van der Waals surface area (Å²) in [6, 6.07) is 0. The summed E-state index contributed by atoms with van der Waals surface area (Å²) in [5.41, 5.74) is -0.0852. The second-order valence-electron chi connectivity index (χ2n) is 4.11. The van der Waals surface area contributed by atoms with Gasteiger partial charge in [-0.25, -0.2) is 4.98 Å². The topological polar surface area (TPSA) is 66.6 Å². The summed E-state index contributed by atoms with van der Waals surface area (Å²) in [7, 11) is 0. The van der Waals surface area contributed by atoms with Crippen molar-refractivity contribution in [3.8, 4) is 0 Å². The summed E-state index contributed by atoms with van der Waals surface area (Å²) in [4.78, 5) is 16.2. The third-order valence-electron chi connectivity index (χ3n) is 2.39. The van der Waals surface area contributed by atoms with E-state index in [0.717, 1.165) is 10.7 Å². The van der Waals surface area contributed by atoms with Crippen LogP contribution in [-0.4, -0.2) is 26.0 Å². The number of fused-ring (bicyclic) bond motifs is 1. The minimum Gasteiger partial charge on any atom is -0.480 e. The molecule has 2 heterocycles. The number of nitrogens with one attached hydrogen (secondary N) is 1. The molecule has 0 bridgehead atoms. The molecule has 0 radical (unpaired) electrons. The van der Waals surface area contributed by atoms with Gasteiger partial charge in [0.2, 0.25) is 0 Å². The Morgan fingerprint density at radius 2 is 2.44 bits per heavy atom. The lowest BCUT2D eigenvalue weighted by Gasteiger charge is -2.20. The summed E-state index contributed by atoms with van der Waals surface area (Å²) < 4.78 is 1.93. The second kappa shape index (κ2) is 3.88. The fourth-order valence-corrected chi connectivity index (χ4v) is 1.97. The number of aromatic nitrogens is 2. The summed E-state index contributed by atoms with van der Waals surface area (Å²) in [6.07, 6.45) is 3.83. The van der Waals surface area contributed by atoms with E-state index in [4.69, 9.17) is 5.11 Å². The minimum atomic E-state index is -0.933. The van der Waals surface area contributed by atoms with E-state index in [2.05, 4.69) is 10.3 Å². The monoisotopic (exact) mass is 239 g/mol. The molecule has 0 fully saturated rings. The summed E-state index contributed by atoms with van der Waals surface area (Å²) in [5, 5.41) is 13.8. The summed E-state index contributed by atoms with van der Waals surface area (Å²) in [6.45, 7) is 3.72. The molecular weight excluding hydrogens is 226 g/mol. The average molecular weight is 239 g/mol. The third-order valence-corrected chi connectivity index (χ3v) is 3.16. The van der Waals surface area contributed by atoms with Crippen molar-refractivity contribution in [3.05, 3.63) is 23.5 Å². The maximum Gasteiger partial charge on any atom is 0.323 e. The number of carbonyl (C=O) groups is 1. The van der Waals surface area contributed by atoms with Crippen LogP contribution in [0.2, 0.25) is 0 Å². The van der Waals surface area contributed by atoms with Crippen LogP contribution in [0.5, 0.6) is 0 Å². The van der Waals surface area contributed by atoms with Gasteiger partial charge in [0.1, 0.15) is 5.54 Å². The highest BCUT2D eigenvalue weighted by Crippen LogP contribution is 2.12. The van der Waals surface area contributed by atoms with Gasteiger partial charge in [-0.1, -0.05) is 0 Å². The second-order valence-corrected chi connectivity index (χ2v) is 4.98. The molecule has 0 aliphatic rings. The molecule has 6 heteroatoms. The normalized spacial score (nSPS) is 12.1. The first-order valence-electron chi connectivity index (χ1n) is 4.88. The van der Waals surface area contributed by atoms with E-state index in [-0.39, 0.29) is 0 Å². The van der Waals surface area contributed by atoms with Gasteiger partial charge in [0, 0.05) is 24.3 Å². The number of thiazole rings is 1. The van der Waals surface area contributed by atoms with Crippen molar-refractivity contribution in [2.45, 2.75) is 25.9 Å². The number of hydrogen-bond donors (Lipinski definition) is 2. The molecule has 2 N–H and O–H groups in total. The maximum atomic E-state index is 10.9. The van der Waals surface area contributed by atoms with E-state index in [0.29, 0.717) is 6.54 Å². The zero-order valence-corrected chi connectivity index (χ0v) is 9.91. The first-order valence-corrected chi connectivity index (χ1v) is 5.76. The van der Waals surface area contributed by atoms with Crippen molar-refractivity contribution in [3.63, 3.8) is 0 Å². The van der Waals surface area contributed by atoms with Crippen LogP contribution in [0.4, 0.5) is 0 Å². The zero-order chi connectivity index (χ0) is 11.8. The predicted octanol–water partition coefficient (Wildman–Crippen LogP) is 1.35. The lowest BCUT2D eigenvalue weighted by molar-refractivity contribution is -0.143. The Bertz CT molecular complexity index is 486. The highest BCUT2D eigenvalue weighted by atomic mass is 32.1. The number of hydrogen-bond acceptors (Lipinski definition) is 4. The van der Waals surface area contributed by atoms with Gasteiger partial charge in [-0.2, -0.15) is 0 Å². The molecule has 2 aromatic heterocycles. The van der Waals surface area contributed by atoms with Gasteiger partial charge < -0.3 is 5.11 Å². The lowest BCUT2D eigenvalue weighted by Crippen LogP contribution is -2.46. The minimum absolute atomic E-state index is 0.452. The van der Waals surface area contributed by atoms with Gasteiger partial charge in [0.05, 0.1) is 5.69 Å². The molecule has 0 saturated heterocycles.